The zero-order valence-electron chi connectivity index (χ0n) is 23.3. The predicted molar refractivity (Wildman–Crippen MR) is 145 cm³/mol. The van der Waals surface area contributed by atoms with Crippen LogP contribution in [-0.4, -0.2) is 12.2 Å². The second kappa shape index (κ2) is 8.85. The van der Waals surface area contributed by atoms with Gasteiger partial charge in [-0.3, -0.25) is 0 Å². The Morgan fingerprint density at radius 2 is 0.818 bits per heavy atom. The number of aromatic hydroxyl groups is 1. The first kappa shape index (κ1) is 27.0. The minimum Gasteiger partial charge on any atom is -0.507 e. The van der Waals surface area contributed by atoms with Gasteiger partial charge in [-0.2, -0.15) is 0 Å². The van der Waals surface area contributed by atoms with E-state index in [4.69, 9.17) is 4.74 Å². The molecule has 2 heteroatoms. The fourth-order valence-corrected chi connectivity index (χ4v) is 4.17. The van der Waals surface area contributed by atoms with Gasteiger partial charge in [-0.15, -0.1) is 0 Å². The third kappa shape index (κ3) is 6.22. The van der Waals surface area contributed by atoms with E-state index in [1.165, 1.54) is 11.1 Å². The Kier molecular flexibility index (Phi) is 7.25. The first-order chi connectivity index (χ1) is 14.8. The molecule has 0 spiro atoms. The average molecular weight is 451 g/mol. The molecule has 0 saturated heterocycles. The third-order valence-electron chi connectivity index (χ3n) is 6.15. The minimum absolute atomic E-state index is 0.0352. The summed E-state index contributed by atoms with van der Waals surface area (Å²) in [6, 6.07) is 8.75. The van der Waals surface area contributed by atoms with Gasteiger partial charge in [0, 0.05) is 22.3 Å². The van der Waals surface area contributed by atoms with Crippen molar-refractivity contribution in [3.8, 4) is 11.5 Å². The number of phenols is 1. The molecule has 0 aliphatic heterocycles. The van der Waals surface area contributed by atoms with Crippen LogP contribution in [0.3, 0.4) is 0 Å². The molecule has 0 aromatic heterocycles. The van der Waals surface area contributed by atoms with Gasteiger partial charge in [0.05, 0.1) is 7.11 Å². The van der Waals surface area contributed by atoms with Crippen LogP contribution < -0.4 is 4.74 Å². The van der Waals surface area contributed by atoms with Crippen molar-refractivity contribution in [2.24, 2.45) is 0 Å². The van der Waals surface area contributed by atoms with Crippen LogP contribution >= 0.6 is 0 Å². The maximum absolute atomic E-state index is 11.0. The van der Waals surface area contributed by atoms with Crippen molar-refractivity contribution in [2.75, 3.05) is 7.11 Å². The third-order valence-corrected chi connectivity index (χ3v) is 6.15. The zero-order chi connectivity index (χ0) is 25.6. The van der Waals surface area contributed by atoms with Gasteiger partial charge >= 0.3 is 0 Å². The molecule has 0 amide bonds. The van der Waals surface area contributed by atoms with Gasteiger partial charge in [0.2, 0.25) is 0 Å². The lowest BCUT2D eigenvalue weighted by Gasteiger charge is -2.29. The van der Waals surface area contributed by atoms with Gasteiger partial charge in [-0.1, -0.05) is 95.2 Å². The second-order valence-corrected chi connectivity index (χ2v) is 13.4. The molecule has 0 saturated carbocycles. The Bertz CT molecular complexity index is 957. The zero-order valence-corrected chi connectivity index (χ0v) is 23.3. The smallest absolute Gasteiger partial charge is 0.126 e. The quantitative estimate of drug-likeness (QED) is 0.474. The lowest BCUT2D eigenvalue weighted by Crippen LogP contribution is -2.19. The fraction of sp³-hybridized carbons (Fsp3) is 0.548. The van der Waals surface area contributed by atoms with Crippen molar-refractivity contribution in [1.29, 1.82) is 0 Å². The van der Waals surface area contributed by atoms with Crippen molar-refractivity contribution in [1.82, 2.24) is 0 Å². The summed E-state index contributed by atoms with van der Waals surface area (Å²) in [6.07, 6.45) is 4.36. The molecule has 0 atom stereocenters. The first-order valence-corrected chi connectivity index (χ1v) is 12.1. The number of phenolic OH excluding ortho intramolecular Hbond substituents is 1. The molecule has 0 aliphatic carbocycles. The normalized spacial score (nSPS) is 13.6. The summed E-state index contributed by atoms with van der Waals surface area (Å²) in [7, 11) is 1.77. The van der Waals surface area contributed by atoms with Crippen LogP contribution in [0.2, 0.25) is 0 Å². The highest BCUT2D eigenvalue weighted by Gasteiger charge is 2.28. The standard InChI is InChI=1S/C31H46O2/c1-28(2,3)22-16-20(17-23(26(22)32)29(4,5)6)14-15-21-18-24(30(7,8)9)27(33-13)25(19-21)31(10,11)12/h14-19,32H,1-13H3/b15-14+. The maximum Gasteiger partial charge on any atom is 0.126 e. The maximum atomic E-state index is 11.0. The fourth-order valence-electron chi connectivity index (χ4n) is 4.17. The molecule has 2 aromatic carbocycles. The lowest BCUT2D eigenvalue weighted by molar-refractivity contribution is 0.381. The molecular formula is C31H46O2. The minimum atomic E-state index is -0.146. The van der Waals surface area contributed by atoms with Crippen LogP contribution in [0, 0.1) is 0 Å². The molecule has 0 unspecified atom stereocenters. The van der Waals surface area contributed by atoms with Gasteiger partial charge in [-0.05, 0) is 57.1 Å². The Morgan fingerprint density at radius 1 is 0.545 bits per heavy atom. The summed E-state index contributed by atoms with van der Waals surface area (Å²) < 4.78 is 5.91. The van der Waals surface area contributed by atoms with Crippen LogP contribution in [0.4, 0.5) is 0 Å². The van der Waals surface area contributed by atoms with E-state index in [1.54, 1.807) is 7.11 Å². The summed E-state index contributed by atoms with van der Waals surface area (Å²) in [5, 5.41) is 11.0. The summed E-state index contributed by atoms with van der Waals surface area (Å²) in [6.45, 7) is 26.3. The highest BCUT2D eigenvalue weighted by atomic mass is 16.5. The monoisotopic (exact) mass is 450 g/mol. The van der Waals surface area contributed by atoms with Crippen LogP contribution in [-0.2, 0) is 21.7 Å². The molecule has 0 radical (unpaired) electrons. The number of methoxy groups -OCH3 is 1. The second-order valence-electron chi connectivity index (χ2n) is 13.4. The Hall–Kier alpha value is -2.22. The van der Waals surface area contributed by atoms with E-state index >= 15 is 0 Å². The number of ether oxygens (including phenoxy) is 1. The Balaban J connectivity index is 2.73. The van der Waals surface area contributed by atoms with Crippen molar-refractivity contribution in [3.63, 3.8) is 0 Å². The molecule has 0 heterocycles. The van der Waals surface area contributed by atoms with E-state index in [1.807, 2.05) is 0 Å². The predicted octanol–water partition coefficient (Wildman–Crippen LogP) is 8.76. The van der Waals surface area contributed by atoms with Crippen LogP contribution in [0.5, 0.6) is 11.5 Å². The van der Waals surface area contributed by atoms with Crippen molar-refractivity contribution < 1.29 is 9.84 Å². The van der Waals surface area contributed by atoms with Gasteiger partial charge in [0.1, 0.15) is 11.5 Å². The van der Waals surface area contributed by atoms with Gasteiger partial charge < -0.3 is 9.84 Å². The van der Waals surface area contributed by atoms with Crippen LogP contribution in [0.15, 0.2) is 24.3 Å². The molecule has 33 heavy (non-hydrogen) atoms. The molecule has 182 valence electrons. The van der Waals surface area contributed by atoms with Crippen molar-refractivity contribution >= 4 is 12.2 Å². The van der Waals surface area contributed by atoms with E-state index < -0.39 is 0 Å². The molecule has 0 bridgehead atoms. The van der Waals surface area contributed by atoms with Crippen molar-refractivity contribution in [3.05, 3.63) is 57.6 Å². The van der Waals surface area contributed by atoms with E-state index in [2.05, 4.69) is 120 Å². The Morgan fingerprint density at radius 3 is 1.06 bits per heavy atom. The molecule has 2 rings (SSSR count). The Labute approximate surface area is 203 Å². The van der Waals surface area contributed by atoms with Gasteiger partial charge in [0.15, 0.2) is 0 Å². The molecule has 0 aliphatic rings. The summed E-state index contributed by atoms with van der Waals surface area (Å²) in [5.41, 5.74) is 6.30. The van der Waals surface area contributed by atoms with E-state index in [0.29, 0.717) is 5.75 Å². The largest absolute Gasteiger partial charge is 0.507 e. The first-order valence-electron chi connectivity index (χ1n) is 12.1. The summed E-state index contributed by atoms with van der Waals surface area (Å²) in [5.74, 6) is 1.41. The number of hydrogen-bond donors (Lipinski definition) is 1. The number of hydrogen-bond acceptors (Lipinski definition) is 2. The van der Waals surface area contributed by atoms with Gasteiger partial charge in [-0.25, -0.2) is 0 Å². The summed E-state index contributed by atoms with van der Waals surface area (Å²) >= 11 is 0. The lowest BCUT2D eigenvalue weighted by atomic mass is 9.78. The van der Waals surface area contributed by atoms with E-state index in [9.17, 15) is 5.11 Å². The highest BCUT2D eigenvalue weighted by molar-refractivity contribution is 5.73. The molecule has 2 nitrogen and oxygen atoms in total. The molecule has 0 fully saturated rings. The number of rotatable bonds is 3. The van der Waals surface area contributed by atoms with E-state index in [-0.39, 0.29) is 21.7 Å². The highest BCUT2D eigenvalue weighted by Crippen LogP contribution is 2.42. The van der Waals surface area contributed by atoms with Crippen LogP contribution in [0.25, 0.3) is 12.2 Å². The topological polar surface area (TPSA) is 29.5 Å². The SMILES string of the molecule is COc1c(C(C)(C)C)cc(/C=C/c2cc(C(C)(C)C)c(O)c(C(C)(C)C)c2)cc1C(C)(C)C. The van der Waals surface area contributed by atoms with E-state index in [0.717, 1.165) is 28.0 Å². The van der Waals surface area contributed by atoms with Gasteiger partial charge in [0.25, 0.3) is 0 Å². The molecule has 2 aromatic rings. The van der Waals surface area contributed by atoms with Crippen molar-refractivity contribution in [2.45, 2.75) is 105 Å². The summed E-state index contributed by atoms with van der Waals surface area (Å²) in [4.78, 5) is 0. The van der Waals surface area contributed by atoms with Crippen LogP contribution in [0.1, 0.15) is 116 Å². The number of benzene rings is 2. The average Bonchev–Trinajstić information content (AvgIpc) is 2.63. The molecular weight excluding hydrogens is 404 g/mol. The molecule has 1 N–H and O–H groups in total.